The van der Waals surface area contributed by atoms with E-state index in [0.717, 1.165) is 6.07 Å². The lowest BCUT2D eigenvalue weighted by molar-refractivity contribution is 0.281. The Labute approximate surface area is 120 Å². The van der Waals surface area contributed by atoms with Crippen LogP contribution in [0.3, 0.4) is 0 Å². The fourth-order valence-corrected chi connectivity index (χ4v) is 2.88. The molecule has 0 aliphatic carbocycles. The molecule has 0 amide bonds. The summed E-state index contributed by atoms with van der Waals surface area (Å²) in [5.41, 5.74) is 0.135. The van der Waals surface area contributed by atoms with E-state index in [9.17, 15) is 12.8 Å². The fraction of sp³-hybridized carbons (Fsp3) is 0.0769. The Morgan fingerprint density at radius 1 is 1.20 bits per heavy atom. The van der Waals surface area contributed by atoms with Crippen molar-refractivity contribution in [2.45, 2.75) is 11.5 Å². The van der Waals surface area contributed by atoms with Crippen molar-refractivity contribution < 1.29 is 17.9 Å². The first kappa shape index (κ1) is 14.8. The second-order valence-corrected chi connectivity index (χ2v) is 6.09. The minimum Gasteiger partial charge on any atom is -0.392 e. The van der Waals surface area contributed by atoms with Gasteiger partial charge in [-0.15, -0.1) is 0 Å². The number of para-hydroxylation sites is 1. The van der Waals surface area contributed by atoms with E-state index in [1.54, 1.807) is 0 Å². The Morgan fingerprint density at radius 3 is 2.55 bits per heavy atom. The van der Waals surface area contributed by atoms with Crippen LogP contribution in [0.1, 0.15) is 5.56 Å². The molecule has 0 radical (unpaired) electrons. The van der Waals surface area contributed by atoms with Gasteiger partial charge in [0.2, 0.25) is 0 Å². The fourth-order valence-electron chi connectivity index (χ4n) is 1.59. The van der Waals surface area contributed by atoms with Gasteiger partial charge in [-0.05, 0) is 35.9 Å². The molecule has 2 aromatic carbocycles. The number of aliphatic hydroxyl groups is 1. The molecule has 2 rings (SSSR count). The van der Waals surface area contributed by atoms with Gasteiger partial charge in [0.1, 0.15) is 5.82 Å². The second-order valence-electron chi connectivity index (χ2n) is 4.00. The summed E-state index contributed by atoms with van der Waals surface area (Å²) in [6.45, 7) is -0.387. The first-order valence-corrected chi connectivity index (χ1v) is 7.47. The minimum atomic E-state index is -3.94. The summed E-state index contributed by atoms with van der Waals surface area (Å²) in [7, 11) is -3.94. The standard InChI is InChI=1S/C13H11ClFNO3S/c14-11-6-5-10(7-9(11)8-17)20(18,19)16-13-4-2-1-3-12(13)15/h1-7,16-17H,8H2. The van der Waals surface area contributed by atoms with E-state index in [2.05, 4.69) is 4.72 Å². The van der Waals surface area contributed by atoms with Crippen LogP contribution in [0.2, 0.25) is 5.02 Å². The van der Waals surface area contributed by atoms with Crippen LogP contribution in [0.4, 0.5) is 10.1 Å². The molecule has 0 aliphatic rings. The molecule has 0 bridgehead atoms. The molecule has 0 fully saturated rings. The summed E-state index contributed by atoms with van der Waals surface area (Å²) < 4.78 is 39.9. The Balaban J connectivity index is 2.38. The van der Waals surface area contributed by atoms with Gasteiger partial charge in [0.25, 0.3) is 10.0 Å². The SMILES string of the molecule is O=S(=O)(Nc1ccccc1F)c1ccc(Cl)c(CO)c1. The van der Waals surface area contributed by atoms with Gasteiger partial charge in [-0.3, -0.25) is 4.72 Å². The quantitative estimate of drug-likeness (QED) is 0.911. The van der Waals surface area contributed by atoms with Crippen molar-refractivity contribution in [1.29, 1.82) is 0 Å². The first-order valence-electron chi connectivity index (χ1n) is 5.60. The molecule has 0 spiro atoms. The first-order chi connectivity index (χ1) is 9.44. The lowest BCUT2D eigenvalue weighted by atomic mass is 10.2. The average molecular weight is 316 g/mol. The van der Waals surface area contributed by atoms with E-state index in [0.29, 0.717) is 0 Å². The topological polar surface area (TPSA) is 66.4 Å². The number of rotatable bonds is 4. The van der Waals surface area contributed by atoms with Gasteiger partial charge in [0, 0.05) is 5.02 Å². The Morgan fingerprint density at radius 2 is 1.90 bits per heavy atom. The molecule has 0 aliphatic heterocycles. The van der Waals surface area contributed by atoms with Gasteiger partial charge in [-0.2, -0.15) is 0 Å². The predicted octanol–water partition coefficient (Wildman–Crippen LogP) is 2.77. The molecule has 7 heteroatoms. The lowest BCUT2D eigenvalue weighted by Crippen LogP contribution is -2.14. The molecule has 0 saturated heterocycles. The zero-order valence-electron chi connectivity index (χ0n) is 10.2. The summed E-state index contributed by atoms with van der Waals surface area (Å²) >= 11 is 5.80. The van der Waals surface area contributed by atoms with Crippen molar-refractivity contribution in [1.82, 2.24) is 0 Å². The number of anilines is 1. The Bertz CT molecular complexity index is 734. The molecule has 0 saturated carbocycles. The minimum absolute atomic E-state index is 0.103. The predicted molar refractivity (Wildman–Crippen MR) is 74.6 cm³/mol. The number of nitrogens with one attached hydrogen (secondary N) is 1. The zero-order valence-corrected chi connectivity index (χ0v) is 11.7. The van der Waals surface area contributed by atoms with E-state index >= 15 is 0 Å². The molecule has 2 aromatic rings. The van der Waals surface area contributed by atoms with E-state index in [1.807, 2.05) is 0 Å². The third kappa shape index (κ3) is 3.09. The summed E-state index contributed by atoms with van der Waals surface area (Å²) in [6, 6.07) is 9.33. The van der Waals surface area contributed by atoms with Crippen LogP contribution in [-0.4, -0.2) is 13.5 Å². The van der Waals surface area contributed by atoms with Gasteiger partial charge < -0.3 is 5.11 Å². The molecule has 0 heterocycles. The lowest BCUT2D eigenvalue weighted by Gasteiger charge is -2.10. The van der Waals surface area contributed by atoms with Gasteiger partial charge >= 0.3 is 0 Å². The highest BCUT2D eigenvalue weighted by molar-refractivity contribution is 7.92. The number of hydrogen-bond acceptors (Lipinski definition) is 3. The second kappa shape index (κ2) is 5.78. The number of sulfonamides is 1. The number of halogens is 2. The van der Waals surface area contributed by atoms with Gasteiger partial charge in [-0.25, -0.2) is 12.8 Å². The maximum absolute atomic E-state index is 13.5. The van der Waals surface area contributed by atoms with E-state index in [1.165, 1.54) is 36.4 Å². The van der Waals surface area contributed by atoms with Crippen LogP contribution in [-0.2, 0) is 16.6 Å². The highest BCUT2D eigenvalue weighted by Crippen LogP contribution is 2.23. The van der Waals surface area contributed by atoms with Crippen LogP contribution in [0, 0.1) is 5.82 Å². The molecule has 0 aromatic heterocycles. The van der Waals surface area contributed by atoms with Crippen molar-refractivity contribution >= 4 is 27.3 Å². The largest absolute Gasteiger partial charge is 0.392 e. The van der Waals surface area contributed by atoms with Crippen molar-refractivity contribution in [3.05, 3.63) is 58.9 Å². The van der Waals surface area contributed by atoms with E-state index in [-0.39, 0.29) is 27.8 Å². The molecule has 0 atom stereocenters. The Kier molecular flexibility index (Phi) is 4.27. The van der Waals surface area contributed by atoms with E-state index < -0.39 is 15.8 Å². The average Bonchev–Trinajstić information content (AvgIpc) is 2.41. The normalized spacial score (nSPS) is 11.3. The monoisotopic (exact) mass is 315 g/mol. The van der Waals surface area contributed by atoms with Crippen molar-refractivity contribution in [2.24, 2.45) is 0 Å². The van der Waals surface area contributed by atoms with Crippen LogP contribution in [0.15, 0.2) is 47.4 Å². The maximum Gasteiger partial charge on any atom is 0.261 e. The molecular weight excluding hydrogens is 305 g/mol. The van der Waals surface area contributed by atoms with E-state index in [4.69, 9.17) is 16.7 Å². The van der Waals surface area contributed by atoms with Crippen LogP contribution in [0.5, 0.6) is 0 Å². The Hall–Kier alpha value is -1.63. The summed E-state index contributed by atoms with van der Waals surface area (Å²) in [5.74, 6) is -0.674. The smallest absolute Gasteiger partial charge is 0.261 e. The third-order valence-corrected chi connectivity index (χ3v) is 4.35. The summed E-state index contributed by atoms with van der Waals surface area (Å²) in [6.07, 6.45) is 0. The highest BCUT2D eigenvalue weighted by Gasteiger charge is 2.17. The summed E-state index contributed by atoms with van der Waals surface area (Å²) in [5, 5.41) is 9.34. The van der Waals surface area contributed by atoms with Gasteiger partial charge in [0.05, 0.1) is 17.2 Å². The highest BCUT2D eigenvalue weighted by atomic mass is 35.5. The van der Waals surface area contributed by atoms with Crippen LogP contribution in [0.25, 0.3) is 0 Å². The number of benzene rings is 2. The van der Waals surface area contributed by atoms with Crippen molar-refractivity contribution in [3.63, 3.8) is 0 Å². The number of hydrogen-bond donors (Lipinski definition) is 2. The summed E-state index contributed by atoms with van der Waals surface area (Å²) in [4.78, 5) is -0.103. The van der Waals surface area contributed by atoms with Crippen molar-refractivity contribution in [2.75, 3.05) is 4.72 Å². The molecule has 20 heavy (non-hydrogen) atoms. The third-order valence-electron chi connectivity index (χ3n) is 2.62. The molecular formula is C13H11ClFNO3S. The van der Waals surface area contributed by atoms with Gasteiger partial charge in [0.15, 0.2) is 0 Å². The molecule has 0 unspecified atom stereocenters. The van der Waals surface area contributed by atoms with Crippen molar-refractivity contribution in [3.8, 4) is 0 Å². The molecule has 2 N–H and O–H groups in total. The number of aliphatic hydroxyl groups excluding tert-OH is 1. The zero-order chi connectivity index (χ0) is 14.8. The van der Waals surface area contributed by atoms with Crippen LogP contribution < -0.4 is 4.72 Å². The maximum atomic E-state index is 13.5. The molecule has 106 valence electrons. The van der Waals surface area contributed by atoms with Gasteiger partial charge in [-0.1, -0.05) is 23.7 Å². The van der Waals surface area contributed by atoms with Crippen LogP contribution >= 0.6 is 11.6 Å². The molecule has 4 nitrogen and oxygen atoms in total.